The van der Waals surface area contributed by atoms with Crippen LogP contribution in [0.4, 0.5) is 5.69 Å². The zero-order chi connectivity index (χ0) is 18.1. The maximum absolute atomic E-state index is 12.2. The fraction of sp³-hybridized carbons (Fsp3) is 0.579. The number of nitrogens with zero attached hydrogens (tertiary/aromatic N) is 1. The molecule has 1 atom stereocenters. The fourth-order valence-corrected chi connectivity index (χ4v) is 2.99. The topological polar surface area (TPSA) is 73.5 Å². The van der Waals surface area contributed by atoms with Crippen molar-refractivity contribution in [3.05, 3.63) is 29.8 Å². The molecule has 1 fully saturated rings. The van der Waals surface area contributed by atoms with Crippen molar-refractivity contribution in [3.63, 3.8) is 0 Å². The first-order chi connectivity index (χ1) is 12.1. The van der Waals surface area contributed by atoms with E-state index in [0.29, 0.717) is 12.1 Å². The van der Waals surface area contributed by atoms with Crippen LogP contribution >= 0.6 is 24.8 Å². The Morgan fingerprint density at radius 2 is 1.81 bits per heavy atom. The minimum absolute atomic E-state index is 0. The number of amides is 2. The smallest absolute Gasteiger partial charge is 0.251 e. The number of carbonyl (C=O) groups excluding carboxylic acids is 2. The van der Waals surface area contributed by atoms with Crippen molar-refractivity contribution >= 4 is 42.3 Å². The summed E-state index contributed by atoms with van der Waals surface area (Å²) < 4.78 is 0. The van der Waals surface area contributed by atoms with Crippen LogP contribution in [0.25, 0.3) is 0 Å². The molecule has 1 aromatic carbocycles. The summed E-state index contributed by atoms with van der Waals surface area (Å²) in [6.45, 7) is 9.40. The Morgan fingerprint density at radius 3 is 2.37 bits per heavy atom. The number of likely N-dealkylation sites (N-methyl/N-ethyl adjacent to an activating group) is 1. The van der Waals surface area contributed by atoms with E-state index in [1.165, 1.54) is 0 Å². The molecule has 1 heterocycles. The summed E-state index contributed by atoms with van der Waals surface area (Å²) in [5.41, 5.74) is 1.34. The Bertz CT molecular complexity index is 559. The molecule has 1 aliphatic rings. The lowest BCUT2D eigenvalue weighted by molar-refractivity contribution is -0.120. The maximum Gasteiger partial charge on any atom is 0.251 e. The molecule has 1 aliphatic heterocycles. The Morgan fingerprint density at radius 1 is 1.15 bits per heavy atom. The summed E-state index contributed by atoms with van der Waals surface area (Å²) >= 11 is 0. The van der Waals surface area contributed by atoms with Crippen LogP contribution in [-0.2, 0) is 4.79 Å². The highest BCUT2D eigenvalue weighted by molar-refractivity contribution is 5.96. The molecule has 0 saturated carbocycles. The fourth-order valence-electron chi connectivity index (χ4n) is 2.99. The van der Waals surface area contributed by atoms with Gasteiger partial charge in [-0.3, -0.25) is 9.59 Å². The maximum atomic E-state index is 12.2. The molecule has 0 radical (unpaired) electrons. The van der Waals surface area contributed by atoms with Gasteiger partial charge in [0.05, 0.1) is 5.92 Å². The van der Waals surface area contributed by atoms with Crippen LogP contribution < -0.4 is 16.0 Å². The van der Waals surface area contributed by atoms with E-state index in [9.17, 15) is 9.59 Å². The van der Waals surface area contributed by atoms with E-state index in [4.69, 9.17) is 0 Å². The minimum atomic E-state index is -0.0819. The number of halogens is 2. The third-order valence-corrected chi connectivity index (χ3v) is 4.69. The molecular formula is C19H32Cl2N4O2. The monoisotopic (exact) mass is 418 g/mol. The van der Waals surface area contributed by atoms with Gasteiger partial charge in [0, 0.05) is 30.9 Å². The van der Waals surface area contributed by atoms with Crippen molar-refractivity contribution in [3.8, 4) is 0 Å². The van der Waals surface area contributed by atoms with Crippen LogP contribution in [0.1, 0.15) is 37.0 Å². The largest absolute Gasteiger partial charge is 0.351 e. The quantitative estimate of drug-likeness (QED) is 0.606. The summed E-state index contributed by atoms with van der Waals surface area (Å²) in [4.78, 5) is 26.6. The Hall–Kier alpha value is -1.34. The van der Waals surface area contributed by atoms with Crippen molar-refractivity contribution in [2.24, 2.45) is 5.92 Å². The molecule has 0 aromatic heterocycles. The van der Waals surface area contributed by atoms with Gasteiger partial charge in [0.2, 0.25) is 5.91 Å². The second-order valence-corrected chi connectivity index (χ2v) is 6.39. The van der Waals surface area contributed by atoms with E-state index in [2.05, 4.69) is 34.7 Å². The van der Waals surface area contributed by atoms with Gasteiger partial charge in [-0.2, -0.15) is 0 Å². The first kappa shape index (κ1) is 25.7. The molecule has 8 heteroatoms. The Labute approximate surface area is 174 Å². The normalized spacial score (nSPS) is 16.0. The molecule has 1 unspecified atom stereocenters. The van der Waals surface area contributed by atoms with Gasteiger partial charge in [-0.15, -0.1) is 24.8 Å². The van der Waals surface area contributed by atoms with Crippen LogP contribution in [0.3, 0.4) is 0 Å². The number of benzene rings is 1. The van der Waals surface area contributed by atoms with Crippen LogP contribution in [0, 0.1) is 5.92 Å². The van der Waals surface area contributed by atoms with Crippen molar-refractivity contribution in [1.29, 1.82) is 0 Å². The standard InChI is InChI=1S/C19H30N4O2.2ClH/c1-3-23(4-2)13-12-21-18(24)15-7-9-17(10-8-15)22-19(25)16-6-5-11-20-14-16;;/h7-10,16,20H,3-6,11-14H2,1-2H3,(H,21,24)(H,22,25);2*1H. The zero-order valence-electron chi connectivity index (χ0n) is 16.1. The van der Waals surface area contributed by atoms with Gasteiger partial charge < -0.3 is 20.9 Å². The van der Waals surface area contributed by atoms with Gasteiger partial charge in [-0.05, 0) is 56.7 Å². The number of hydrogen-bond donors (Lipinski definition) is 3. The molecule has 2 rings (SSSR count). The molecule has 3 N–H and O–H groups in total. The van der Waals surface area contributed by atoms with Crippen LogP contribution in [0.2, 0.25) is 0 Å². The summed E-state index contributed by atoms with van der Waals surface area (Å²) in [6, 6.07) is 7.07. The van der Waals surface area contributed by atoms with Gasteiger partial charge in [0.1, 0.15) is 0 Å². The molecular weight excluding hydrogens is 387 g/mol. The number of anilines is 1. The summed E-state index contributed by atoms with van der Waals surface area (Å²) in [5, 5.41) is 9.11. The van der Waals surface area contributed by atoms with E-state index in [0.717, 1.165) is 51.3 Å². The molecule has 1 aromatic rings. The van der Waals surface area contributed by atoms with Gasteiger partial charge in [-0.25, -0.2) is 0 Å². The molecule has 0 bridgehead atoms. The van der Waals surface area contributed by atoms with Gasteiger partial charge in [0.15, 0.2) is 0 Å². The zero-order valence-corrected chi connectivity index (χ0v) is 17.8. The predicted octanol–water partition coefficient (Wildman–Crippen LogP) is 2.54. The van der Waals surface area contributed by atoms with Crippen molar-refractivity contribution in [2.45, 2.75) is 26.7 Å². The number of nitrogens with one attached hydrogen (secondary N) is 3. The van der Waals surface area contributed by atoms with E-state index in [-0.39, 0.29) is 42.5 Å². The summed E-state index contributed by atoms with van der Waals surface area (Å²) in [5.74, 6) is -0.0121. The lowest BCUT2D eigenvalue weighted by atomic mass is 9.99. The lowest BCUT2D eigenvalue weighted by Gasteiger charge is -2.21. The predicted molar refractivity (Wildman–Crippen MR) is 115 cm³/mol. The van der Waals surface area contributed by atoms with E-state index in [1.54, 1.807) is 24.3 Å². The second-order valence-electron chi connectivity index (χ2n) is 6.39. The minimum Gasteiger partial charge on any atom is -0.351 e. The van der Waals surface area contributed by atoms with Crippen molar-refractivity contribution in [1.82, 2.24) is 15.5 Å². The Balaban J connectivity index is 0.00000338. The van der Waals surface area contributed by atoms with Gasteiger partial charge in [-0.1, -0.05) is 13.8 Å². The molecule has 6 nitrogen and oxygen atoms in total. The molecule has 154 valence electrons. The van der Waals surface area contributed by atoms with Crippen LogP contribution in [0.15, 0.2) is 24.3 Å². The van der Waals surface area contributed by atoms with Gasteiger partial charge in [0.25, 0.3) is 5.91 Å². The van der Waals surface area contributed by atoms with E-state index >= 15 is 0 Å². The van der Waals surface area contributed by atoms with E-state index in [1.807, 2.05) is 0 Å². The number of hydrogen-bond acceptors (Lipinski definition) is 4. The van der Waals surface area contributed by atoms with E-state index < -0.39 is 0 Å². The third-order valence-electron chi connectivity index (χ3n) is 4.69. The molecule has 1 saturated heterocycles. The van der Waals surface area contributed by atoms with Crippen molar-refractivity contribution in [2.75, 3.05) is 44.6 Å². The average molecular weight is 419 g/mol. The average Bonchev–Trinajstić information content (AvgIpc) is 2.66. The SMILES string of the molecule is CCN(CC)CCNC(=O)c1ccc(NC(=O)C2CCCNC2)cc1.Cl.Cl. The Kier molecular flexibility index (Phi) is 13.1. The third kappa shape index (κ3) is 8.47. The molecule has 27 heavy (non-hydrogen) atoms. The number of rotatable bonds is 8. The first-order valence-corrected chi connectivity index (χ1v) is 9.26. The first-order valence-electron chi connectivity index (χ1n) is 9.26. The van der Waals surface area contributed by atoms with Gasteiger partial charge >= 0.3 is 0 Å². The number of piperidine rings is 1. The number of carbonyl (C=O) groups is 2. The summed E-state index contributed by atoms with van der Waals surface area (Å²) in [6.07, 6.45) is 1.95. The van der Waals surface area contributed by atoms with Crippen molar-refractivity contribution < 1.29 is 9.59 Å². The van der Waals surface area contributed by atoms with Crippen LogP contribution in [0.5, 0.6) is 0 Å². The molecule has 0 spiro atoms. The highest BCUT2D eigenvalue weighted by Gasteiger charge is 2.20. The second kappa shape index (κ2) is 13.8. The highest BCUT2D eigenvalue weighted by Crippen LogP contribution is 2.15. The molecule has 2 amide bonds. The highest BCUT2D eigenvalue weighted by atomic mass is 35.5. The summed E-state index contributed by atoms with van der Waals surface area (Å²) in [7, 11) is 0. The lowest BCUT2D eigenvalue weighted by Crippen LogP contribution is -2.37. The van der Waals surface area contributed by atoms with Crippen LogP contribution in [-0.4, -0.2) is 56.0 Å². The molecule has 0 aliphatic carbocycles.